The van der Waals surface area contributed by atoms with Crippen molar-refractivity contribution >= 4 is 11.9 Å². The molecule has 0 radical (unpaired) electrons. The maximum Gasteiger partial charge on any atom is 0.321 e. The molecule has 0 saturated carbocycles. The summed E-state index contributed by atoms with van der Waals surface area (Å²) in [6.07, 6.45) is 0. The van der Waals surface area contributed by atoms with E-state index < -0.39 is 12.1 Å². The number of urea groups is 1. The van der Waals surface area contributed by atoms with Crippen molar-refractivity contribution in [3.05, 3.63) is 59.7 Å². The predicted molar refractivity (Wildman–Crippen MR) is 107 cm³/mol. The van der Waals surface area contributed by atoms with Crippen LogP contribution in [-0.2, 0) is 17.9 Å². The summed E-state index contributed by atoms with van der Waals surface area (Å²) in [4.78, 5) is 25.2. The van der Waals surface area contributed by atoms with Crippen LogP contribution in [0.2, 0.25) is 0 Å². The van der Waals surface area contributed by atoms with E-state index in [4.69, 9.17) is 9.47 Å². The van der Waals surface area contributed by atoms with Gasteiger partial charge in [-0.1, -0.05) is 36.4 Å². The van der Waals surface area contributed by atoms with Crippen LogP contribution in [0, 0.1) is 0 Å². The average molecular weight is 385 g/mol. The van der Waals surface area contributed by atoms with E-state index in [-0.39, 0.29) is 5.91 Å². The van der Waals surface area contributed by atoms with Crippen molar-refractivity contribution < 1.29 is 19.1 Å². The third kappa shape index (κ3) is 5.99. The fraction of sp³-hybridized carbons (Fsp3) is 0.333. The minimum atomic E-state index is -0.521. The first-order valence-electron chi connectivity index (χ1n) is 9.01. The SMILES string of the molecule is CNC(=O)NC(=O)[C@H](C)N(C)Cc1ccc(OCc2ccccc2)c(OC)c1. The van der Waals surface area contributed by atoms with Gasteiger partial charge in [-0.25, -0.2) is 4.79 Å². The molecule has 0 saturated heterocycles. The van der Waals surface area contributed by atoms with E-state index in [0.717, 1.165) is 11.1 Å². The van der Waals surface area contributed by atoms with Gasteiger partial charge in [0.05, 0.1) is 13.2 Å². The highest BCUT2D eigenvalue weighted by Gasteiger charge is 2.20. The number of rotatable bonds is 8. The highest BCUT2D eigenvalue weighted by molar-refractivity contribution is 5.96. The van der Waals surface area contributed by atoms with E-state index in [1.165, 1.54) is 7.05 Å². The van der Waals surface area contributed by atoms with Crippen LogP contribution in [-0.4, -0.2) is 44.1 Å². The number of hydrogen-bond donors (Lipinski definition) is 2. The lowest BCUT2D eigenvalue weighted by Crippen LogP contribution is -2.47. The van der Waals surface area contributed by atoms with Crippen molar-refractivity contribution in [2.75, 3.05) is 21.2 Å². The van der Waals surface area contributed by atoms with Gasteiger partial charge in [0.15, 0.2) is 11.5 Å². The molecule has 0 unspecified atom stereocenters. The number of methoxy groups -OCH3 is 1. The van der Waals surface area contributed by atoms with E-state index in [1.807, 2.05) is 60.5 Å². The minimum Gasteiger partial charge on any atom is -0.493 e. The second kappa shape index (κ2) is 10.3. The molecule has 0 bridgehead atoms. The molecule has 0 spiro atoms. The Bertz CT molecular complexity index is 795. The molecule has 2 N–H and O–H groups in total. The van der Waals surface area contributed by atoms with Gasteiger partial charge in [-0.3, -0.25) is 15.0 Å². The van der Waals surface area contributed by atoms with Crippen LogP contribution >= 0.6 is 0 Å². The Morgan fingerprint density at radius 1 is 1.07 bits per heavy atom. The van der Waals surface area contributed by atoms with Gasteiger partial charge in [-0.2, -0.15) is 0 Å². The zero-order valence-electron chi connectivity index (χ0n) is 16.7. The summed E-state index contributed by atoms with van der Waals surface area (Å²) in [7, 11) is 4.88. The predicted octanol–water partition coefficient (Wildman–Crippen LogP) is 2.55. The Morgan fingerprint density at radius 2 is 1.79 bits per heavy atom. The highest BCUT2D eigenvalue weighted by Crippen LogP contribution is 2.29. The Morgan fingerprint density at radius 3 is 2.43 bits per heavy atom. The molecule has 3 amide bonds. The molecule has 0 heterocycles. The third-order valence-corrected chi connectivity index (χ3v) is 4.40. The van der Waals surface area contributed by atoms with Crippen LogP contribution in [0.25, 0.3) is 0 Å². The quantitative estimate of drug-likeness (QED) is 0.730. The lowest BCUT2D eigenvalue weighted by molar-refractivity contribution is -0.124. The van der Waals surface area contributed by atoms with Gasteiger partial charge in [0.2, 0.25) is 5.91 Å². The van der Waals surface area contributed by atoms with Crippen molar-refractivity contribution in [1.29, 1.82) is 0 Å². The van der Waals surface area contributed by atoms with Crippen molar-refractivity contribution in [2.45, 2.75) is 26.1 Å². The molecule has 0 aromatic heterocycles. The number of likely N-dealkylation sites (N-methyl/N-ethyl adjacent to an activating group) is 1. The van der Waals surface area contributed by atoms with E-state index in [2.05, 4.69) is 10.6 Å². The molecule has 7 nitrogen and oxygen atoms in total. The minimum absolute atomic E-state index is 0.364. The fourth-order valence-electron chi connectivity index (χ4n) is 2.57. The summed E-state index contributed by atoms with van der Waals surface area (Å²) in [5, 5.41) is 4.65. The van der Waals surface area contributed by atoms with Gasteiger partial charge in [-0.05, 0) is 37.2 Å². The number of hydrogen-bond acceptors (Lipinski definition) is 5. The molecule has 0 aliphatic carbocycles. The first kappa shape index (κ1) is 21.2. The normalized spacial score (nSPS) is 11.6. The summed E-state index contributed by atoms with van der Waals surface area (Å²) in [5.74, 6) is 0.920. The standard InChI is InChI=1S/C21H27N3O4/c1-15(20(25)23-21(26)22-2)24(3)13-17-10-11-18(19(12-17)27-4)28-14-16-8-6-5-7-9-16/h5-12,15H,13-14H2,1-4H3,(H2,22,23,25,26)/t15-/m0/s1. The van der Waals surface area contributed by atoms with E-state index in [9.17, 15) is 9.59 Å². The molecule has 2 aromatic carbocycles. The van der Waals surface area contributed by atoms with Crippen LogP contribution in [0.5, 0.6) is 11.5 Å². The Hall–Kier alpha value is -3.06. The Labute approximate surface area is 165 Å². The van der Waals surface area contributed by atoms with Gasteiger partial charge in [0.1, 0.15) is 6.61 Å². The molecule has 0 aliphatic rings. The van der Waals surface area contributed by atoms with Crippen molar-refractivity contribution in [3.8, 4) is 11.5 Å². The molecule has 1 atom stereocenters. The monoisotopic (exact) mass is 385 g/mol. The Kier molecular flexibility index (Phi) is 7.83. The van der Waals surface area contributed by atoms with Gasteiger partial charge in [-0.15, -0.1) is 0 Å². The van der Waals surface area contributed by atoms with E-state index in [0.29, 0.717) is 24.7 Å². The van der Waals surface area contributed by atoms with Crippen LogP contribution in [0.1, 0.15) is 18.1 Å². The van der Waals surface area contributed by atoms with Crippen LogP contribution in [0.4, 0.5) is 4.79 Å². The summed E-state index contributed by atoms with van der Waals surface area (Å²) in [5.41, 5.74) is 2.04. The molecule has 0 aliphatic heterocycles. The molecule has 2 aromatic rings. The first-order chi connectivity index (χ1) is 13.4. The average Bonchev–Trinajstić information content (AvgIpc) is 2.72. The number of nitrogens with one attached hydrogen (secondary N) is 2. The maximum atomic E-state index is 12.1. The van der Waals surface area contributed by atoms with Gasteiger partial charge < -0.3 is 14.8 Å². The van der Waals surface area contributed by atoms with Crippen LogP contribution < -0.4 is 20.1 Å². The summed E-state index contributed by atoms with van der Waals surface area (Å²) in [6.45, 7) is 2.71. The number of carbonyl (C=O) groups is 2. The first-order valence-corrected chi connectivity index (χ1v) is 9.01. The van der Waals surface area contributed by atoms with Crippen LogP contribution in [0.15, 0.2) is 48.5 Å². The van der Waals surface area contributed by atoms with Crippen molar-refractivity contribution in [2.24, 2.45) is 0 Å². The van der Waals surface area contributed by atoms with Gasteiger partial charge >= 0.3 is 6.03 Å². The Balaban J connectivity index is 2.00. The lowest BCUT2D eigenvalue weighted by atomic mass is 10.1. The zero-order valence-corrected chi connectivity index (χ0v) is 16.7. The zero-order chi connectivity index (χ0) is 20.5. The number of ether oxygens (including phenoxy) is 2. The smallest absolute Gasteiger partial charge is 0.321 e. The summed E-state index contributed by atoms with van der Waals surface area (Å²) in [6, 6.07) is 14.6. The summed E-state index contributed by atoms with van der Waals surface area (Å²) < 4.78 is 11.3. The number of nitrogens with zero attached hydrogens (tertiary/aromatic N) is 1. The number of carbonyl (C=O) groups excluding carboxylic acids is 2. The largest absolute Gasteiger partial charge is 0.493 e. The topological polar surface area (TPSA) is 79.9 Å². The lowest BCUT2D eigenvalue weighted by Gasteiger charge is -2.24. The van der Waals surface area contributed by atoms with Crippen molar-refractivity contribution in [3.63, 3.8) is 0 Å². The number of amides is 3. The highest BCUT2D eigenvalue weighted by atomic mass is 16.5. The van der Waals surface area contributed by atoms with Gasteiger partial charge in [0, 0.05) is 13.6 Å². The molecular weight excluding hydrogens is 358 g/mol. The molecule has 150 valence electrons. The molecular formula is C21H27N3O4. The summed E-state index contributed by atoms with van der Waals surface area (Å²) >= 11 is 0. The van der Waals surface area contributed by atoms with E-state index in [1.54, 1.807) is 14.0 Å². The fourth-order valence-corrected chi connectivity index (χ4v) is 2.57. The molecule has 7 heteroatoms. The molecule has 28 heavy (non-hydrogen) atoms. The van der Waals surface area contributed by atoms with Gasteiger partial charge in [0.25, 0.3) is 0 Å². The van der Waals surface area contributed by atoms with Crippen LogP contribution in [0.3, 0.4) is 0 Å². The number of imide groups is 1. The maximum absolute atomic E-state index is 12.1. The third-order valence-electron chi connectivity index (χ3n) is 4.40. The molecule has 0 fully saturated rings. The van der Waals surface area contributed by atoms with Crippen molar-refractivity contribution in [1.82, 2.24) is 15.5 Å². The second-order valence-corrected chi connectivity index (χ2v) is 6.42. The second-order valence-electron chi connectivity index (χ2n) is 6.42. The molecule has 2 rings (SSSR count). The van der Waals surface area contributed by atoms with E-state index >= 15 is 0 Å². The number of benzene rings is 2.